The van der Waals surface area contributed by atoms with Crippen LogP contribution in [0.3, 0.4) is 0 Å². The van der Waals surface area contributed by atoms with Crippen molar-refractivity contribution in [2.24, 2.45) is 0 Å². The third-order valence-corrected chi connectivity index (χ3v) is 4.66. The molecule has 0 amide bonds. The molecule has 120 valence electrons. The molecule has 0 heterocycles. The molecule has 0 bridgehead atoms. The Balaban J connectivity index is 2.14. The van der Waals surface area contributed by atoms with E-state index in [1.807, 2.05) is 30.3 Å². The molecule has 2 rings (SSSR count). The van der Waals surface area contributed by atoms with Gasteiger partial charge < -0.3 is 0 Å². The lowest BCUT2D eigenvalue weighted by atomic mass is 10.0. The first-order chi connectivity index (χ1) is 11.2. The number of thioether (sulfide) groups is 1. The van der Waals surface area contributed by atoms with Gasteiger partial charge in [-0.25, -0.2) is 0 Å². The molecule has 0 aliphatic heterocycles. The molecule has 0 atom stereocenters. The van der Waals surface area contributed by atoms with E-state index in [9.17, 15) is 4.79 Å². The van der Waals surface area contributed by atoms with Gasteiger partial charge in [0.25, 0.3) is 0 Å². The number of benzene rings is 2. The molecule has 0 aromatic heterocycles. The molecule has 0 saturated heterocycles. The number of rotatable bonds is 7. The maximum Gasteiger partial charge on any atom is 0.185 e. The summed E-state index contributed by atoms with van der Waals surface area (Å²) in [6, 6.07) is 14.4. The van der Waals surface area contributed by atoms with Crippen LogP contribution in [0.4, 0.5) is 0 Å². The number of allylic oxidation sites excluding steroid dienone is 1. The molecule has 0 radical (unpaired) electrons. The molecular formula is C21H24OS. The molecule has 2 aromatic carbocycles. The lowest BCUT2D eigenvalue weighted by Gasteiger charge is -2.04. The maximum atomic E-state index is 12.3. The lowest BCUT2D eigenvalue weighted by molar-refractivity contribution is 0.104. The van der Waals surface area contributed by atoms with Crippen LogP contribution in [0.2, 0.25) is 0 Å². The highest BCUT2D eigenvalue weighted by Crippen LogP contribution is 2.18. The average molecular weight is 324 g/mol. The number of carbonyl (C=O) groups is 1. The minimum atomic E-state index is 0.0537. The summed E-state index contributed by atoms with van der Waals surface area (Å²) in [6.07, 6.45) is 5.63. The third-order valence-electron chi connectivity index (χ3n) is 3.77. The molecule has 2 heteroatoms. The van der Waals surface area contributed by atoms with Crippen LogP contribution < -0.4 is 0 Å². The van der Waals surface area contributed by atoms with Crippen LogP contribution in [0.25, 0.3) is 6.08 Å². The van der Waals surface area contributed by atoms with Crippen molar-refractivity contribution in [2.45, 2.75) is 38.5 Å². The summed E-state index contributed by atoms with van der Waals surface area (Å²) in [5.41, 5.74) is 4.48. The van der Waals surface area contributed by atoms with Crippen molar-refractivity contribution in [3.63, 3.8) is 0 Å². The van der Waals surface area contributed by atoms with Gasteiger partial charge in [0, 0.05) is 10.5 Å². The maximum absolute atomic E-state index is 12.3. The lowest BCUT2D eigenvalue weighted by Crippen LogP contribution is -1.94. The quantitative estimate of drug-likeness (QED) is 0.363. The van der Waals surface area contributed by atoms with E-state index in [1.165, 1.54) is 16.0 Å². The molecule has 0 spiro atoms. The zero-order valence-electron chi connectivity index (χ0n) is 14.1. The predicted octanol–water partition coefficient (Wildman–Crippen LogP) is 5.82. The average Bonchev–Trinajstić information content (AvgIpc) is 2.60. The van der Waals surface area contributed by atoms with Gasteiger partial charge in [0.1, 0.15) is 0 Å². The summed E-state index contributed by atoms with van der Waals surface area (Å²) in [4.78, 5) is 13.5. The third kappa shape index (κ3) is 5.11. The first-order valence-corrected chi connectivity index (χ1v) is 9.23. The fourth-order valence-electron chi connectivity index (χ4n) is 2.45. The van der Waals surface area contributed by atoms with Crippen molar-refractivity contribution in [1.29, 1.82) is 0 Å². The monoisotopic (exact) mass is 324 g/mol. The van der Waals surface area contributed by atoms with Crippen molar-refractivity contribution in [1.82, 2.24) is 0 Å². The van der Waals surface area contributed by atoms with Crippen molar-refractivity contribution in [2.75, 3.05) is 5.75 Å². The molecule has 23 heavy (non-hydrogen) atoms. The van der Waals surface area contributed by atoms with Crippen LogP contribution >= 0.6 is 11.8 Å². The van der Waals surface area contributed by atoms with E-state index in [4.69, 9.17) is 0 Å². The molecule has 2 aromatic rings. The van der Waals surface area contributed by atoms with Crippen LogP contribution in [0.1, 0.15) is 47.8 Å². The molecule has 0 fully saturated rings. The minimum absolute atomic E-state index is 0.0537. The van der Waals surface area contributed by atoms with Gasteiger partial charge >= 0.3 is 0 Å². The fourth-order valence-corrected chi connectivity index (χ4v) is 3.11. The van der Waals surface area contributed by atoms with Gasteiger partial charge in [-0.1, -0.05) is 45.0 Å². The van der Waals surface area contributed by atoms with E-state index in [0.29, 0.717) is 0 Å². The van der Waals surface area contributed by atoms with E-state index in [-0.39, 0.29) is 5.78 Å². The molecule has 0 unspecified atom stereocenters. The second-order valence-electron chi connectivity index (χ2n) is 5.44. The topological polar surface area (TPSA) is 17.1 Å². The SMILES string of the molecule is CCSc1ccc(C(=O)/C=C/c2cc(CC)cc(CC)c2)cc1. The molecule has 0 saturated carbocycles. The Kier molecular flexibility index (Phi) is 6.66. The normalized spacial score (nSPS) is 11.1. The Hall–Kier alpha value is -1.80. The van der Waals surface area contributed by atoms with Gasteiger partial charge in [-0.2, -0.15) is 0 Å². The summed E-state index contributed by atoms with van der Waals surface area (Å²) >= 11 is 1.78. The largest absolute Gasteiger partial charge is 0.289 e. The number of hydrogen-bond acceptors (Lipinski definition) is 2. The molecule has 0 aliphatic rings. The fraction of sp³-hybridized carbons (Fsp3) is 0.286. The minimum Gasteiger partial charge on any atom is -0.289 e. The standard InChI is InChI=1S/C21H24OS/c1-4-16-13-17(5-2)15-18(14-16)7-12-21(22)19-8-10-20(11-9-19)23-6-3/h7-15H,4-6H2,1-3H3/b12-7+. The Morgan fingerprint density at radius 3 is 2.09 bits per heavy atom. The summed E-state index contributed by atoms with van der Waals surface area (Å²) in [7, 11) is 0. The van der Waals surface area contributed by atoms with Gasteiger partial charge in [0.15, 0.2) is 5.78 Å². The van der Waals surface area contributed by atoms with Gasteiger partial charge in [0.2, 0.25) is 0 Å². The highest BCUT2D eigenvalue weighted by Gasteiger charge is 2.03. The summed E-state index contributed by atoms with van der Waals surface area (Å²) < 4.78 is 0. The van der Waals surface area contributed by atoms with Crippen molar-refractivity contribution >= 4 is 23.6 Å². The Bertz CT molecular complexity index is 661. The van der Waals surface area contributed by atoms with Crippen LogP contribution in [0, 0.1) is 0 Å². The van der Waals surface area contributed by atoms with Crippen molar-refractivity contribution in [3.8, 4) is 0 Å². The smallest absolute Gasteiger partial charge is 0.185 e. The molecular weight excluding hydrogens is 300 g/mol. The highest BCUT2D eigenvalue weighted by atomic mass is 32.2. The summed E-state index contributed by atoms with van der Waals surface area (Å²) in [5.74, 6) is 1.10. The van der Waals surface area contributed by atoms with Gasteiger partial charge in [-0.05, 0) is 65.6 Å². The second-order valence-corrected chi connectivity index (χ2v) is 6.78. The molecule has 0 N–H and O–H groups in total. The first-order valence-electron chi connectivity index (χ1n) is 8.24. The van der Waals surface area contributed by atoms with E-state index in [1.54, 1.807) is 17.8 Å². The molecule has 0 aliphatic carbocycles. The number of ketones is 1. The van der Waals surface area contributed by atoms with E-state index < -0.39 is 0 Å². The van der Waals surface area contributed by atoms with Crippen molar-refractivity contribution in [3.05, 3.63) is 70.8 Å². The zero-order valence-corrected chi connectivity index (χ0v) is 15.0. The van der Waals surface area contributed by atoms with Gasteiger partial charge in [-0.15, -0.1) is 11.8 Å². The van der Waals surface area contributed by atoms with Gasteiger partial charge in [0.05, 0.1) is 0 Å². The number of aryl methyl sites for hydroxylation is 2. The van der Waals surface area contributed by atoms with Crippen molar-refractivity contribution < 1.29 is 4.79 Å². The Labute approximate surface area is 143 Å². The van der Waals surface area contributed by atoms with E-state index >= 15 is 0 Å². The van der Waals surface area contributed by atoms with Crippen LogP contribution in [-0.2, 0) is 12.8 Å². The van der Waals surface area contributed by atoms with Gasteiger partial charge in [-0.3, -0.25) is 4.79 Å². The predicted molar refractivity (Wildman–Crippen MR) is 101 cm³/mol. The van der Waals surface area contributed by atoms with Crippen LogP contribution in [0.15, 0.2) is 53.4 Å². The van der Waals surface area contributed by atoms with E-state index in [2.05, 4.69) is 39.0 Å². The highest BCUT2D eigenvalue weighted by molar-refractivity contribution is 7.99. The molecule has 1 nitrogen and oxygen atoms in total. The zero-order chi connectivity index (χ0) is 16.7. The van der Waals surface area contributed by atoms with E-state index in [0.717, 1.165) is 29.7 Å². The number of hydrogen-bond donors (Lipinski definition) is 0. The Morgan fingerprint density at radius 2 is 1.57 bits per heavy atom. The first kappa shape index (κ1) is 17.6. The second kappa shape index (κ2) is 8.73. The Morgan fingerprint density at radius 1 is 0.957 bits per heavy atom. The summed E-state index contributed by atoms with van der Waals surface area (Å²) in [6.45, 7) is 6.44. The van der Waals surface area contributed by atoms with Crippen LogP contribution in [-0.4, -0.2) is 11.5 Å². The summed E-state index contributed by atoms with van der Waals surface area (Å²) in [5, 5.41) is 0. The number of carbonyl (C=O) groups excluding carboxylic acids is 1. The van der Waals surface area contributed by atoms with Crippen LogP contribution in [0.5, 0.6) is 0 Å².